The smallest absolute Gasteiger partial charge is 0.446 e. The van der Waals surface area contributed by atoms with Crippen molar-refractivity contribution in [3.8, 4) is 6.07 Å². The highest BCUT2D eigenvalue weighted by molar-refractivity contribution is 8.00. The van der Waals surface area contributed by atoms with Gasteiger partial charge in [-0.25, -0.2) is 4.79 Å². The summed E-state index contributed by atoms with van der Waals surface area (Å²) < 4.78 is 42.3. The molecule has 1 aromatic carbocycles. The first kappa shape index (κ1) is 16.4. The lowest BCUT2D eigenvalue weighted by atomic mass is 10.0. The molecule has 0 amide bonds. The van der Waals surface area contributed by atoms with Gasteiger partial charge < -0.3 is 4.74 Å². The van der Waals surface area contributed by atoms with Gasteiger partial charge in [-0.15, -0.1) is 0 Å². The highest BCUT2D eigenvalue weighted by atomic mass is 32.2. The lowest BCUT2D eigenvalue weighted by Gasteiger charge is -2.13. The molecule has 0 fully saturated rings. The number of hydrogen-bond donors (Lipinski definition) is 0. The number of nitrogens with zero attached hydrogens (tertiary/aromatic N) is 1. The van der Waals surface area contributed by atoms with Crippen LogP contribution in [0, 0.1) is 11.3 Å². The van der Waals surface area contributed by atoms with Gasteiger partial charge in [0, 0.05) is 4.90 Å². The molecular formula is C13H12F3NO2S. The van der Waals surface area contributed by atoms with Crippen LogP contribution in [0.25, 0.3) is 0 Å². The van der Waals surface area contributed by atoms with E-state index in [0.29, 0.717) is 12.0 Å². The Bertz CT molecular complexity index is 550. The van der Waals surface area contributed by atoms with E-state index in [1.165, 1.54) is 6.07 Å². The zero-order valence-electron chi connectivity index (χ0n) is 10.9. The highest BCUT2D eigenvalue weighted by Gasteiger charge is 2.31. The predicted molar refractivity (Wildman–Crippen MR) is 68.4 cm³/mol. The fraction of sp³-hybridized carbons (Fsp3) is 0.385. The number of halogens is 3. The van der Waals surface area contributed by atoms with Crippen LogP contribution in [0.5, 0.6) is 0 Å². The number of esters is 1. The molecule has 0 heterocycles. The Morgan fingerprint density at radius 1 is 1.40 bits per heavy atom. The number of benzene rings is 1. The second-order valence-electron chi connectivity index (χ2n) is 3.74. The number of aryl methyl sites for hydroxylation is 1. The molecular weight excluding hydrogens is 291 g/mol. The van der Waals surface area contributed by atoms with Crippen LogP contribution < -0.4 is 0 Å². The lowest BCUT2D eigenvalue weighted by molar-refractivity contribution is -0.0328. The van der Waals surface area contributed by atoms with E-state index >= 15 is 0 Å². The number of carbonyl (C=O) groups is 1. The zero-order chi connectivity index (χ0) is 15.3. The monoisotopic (exact) mass is 303 g/mol. The molecule has 0 saturated carbocycles. The summed E-state index contributed by atoms with van der Waals surface area (Å²) in [5.41, 5.74) is -4.20. The van der Waals surface area contributed by atoms with E-state index in [0.717, 1.165) is 6.07 Å². The number of rotatable bonds is 4. The van der Waals surface area contributed by atoms with Gasteiger partial charge in [0.2, 0.25) is 0 Å². The minimum absolute atomic E-state index is 0.0202. The molecule has 20 heavy (non-hydrogen) atoms. The zero-order valence-corrected chi connectivity index (χ0v) is 11.7. The van der Waals surface area contributed by atoms with Crippen molar-refractivity contribution in [2.45, 2.75) is 30.7 Å². The number of hydrogen-bond acceptors (Lipinski definition) is 4. The fourth-order valence-electron chi connectivity index (χ4n) is 1.59. The van der Waals surface area contributed by atoms with E-state index < -0.39 is 11.5 Å². The molecule has 0 unspecified atom stereocenters. The summed E-state index contributed by atoms with van der Waals surface area (Å²) >= 11 is -0.296. The van der Waals surface area contributed by atoms with Gasteiger partial charge in [-0.1, -0.05) is 6.92 Å². The molecule has 0 spiro atoms. The average Bonchev–Trinajstić information content (AvgIpc) is 2.36. The van der Waals surface area contributed by atoms with Crippen molar-refractivity contribution in [1.29, 1.82) is 5.26 Å². The fourth-order valence-corrected chi connectivity index (χ4v) is 2.35. The molecule has 0 aliphatic heterocycles. The van der Waals surface area contributed by atoms with Crippen LogP contribution in [-0.4, -0.2) is 18.1 Å². The van der Waals surface area contributed by atoms with E-state index in [2.05, 4.69) is 0 Å². The van der Waals surface area contributed by atoms with Crippen molar-refractivity contribution in [2.75, 3.05) is 6.61 Å². The van der Waals surface area contributed by atoms with E-state index in [1.54, 1.807) is 13.8 Å². The van der Waals surface area contributed by atoms with Gasteiger partial charge in [0.25, 0.3) is 0 Å². The first-order valence-corrected chi connectivity index (χ1v) is 6.63. The molecule has 1 aromatic rings. The largest absolute Gasteiger partial charge is 0.462 e. The minimum Gasteiger partial charge on any atom is -0.462 e. The summed E-state index contributed by atoms with van der Waals surface area (Å²) in [6.45, 7) is 3.34. The topological polar surface area (TPSA) is 50.1 Å². The van der Waals surface area contributed by atoms with Crippen molar-refractivity contribution < 1.29 is 22.7 Å². The molecule has 3 nitrogen and oxygen atoms in total. The predicted octanol–water partition coefficient (Wildman–Crippen LogP) is 3.91. The third-order valence-corrected chi connectivity index (χ3v) is 3.25. The first-order chi connectivity index (χ1) is 9.32. The number of nitriles is 1. The van der Waals surface area contributed by atoms with Crippen LogP contribution in [-0.2, 0) is 11.2 Å². The van der Waals surface area contributed by atoms with E-state index in [1.807, 2.05) is 6.07 Å². The van der Waals surface area contributed by atoms with Gasteiger partial charge in [-0.3, -0.25) is 0 Å². The van der Waals surface area contributed by atoms with Gasteiger partial charge in [0.15, 0.2) is 0 Å². The van der Waals surface area contributed by atoms with Crippen molar-refractivity contribution in [2.24, 2.45) is 0 Å². The Balaban J connectivity index is 3.34. The van der Waals surface area contributed by atoms with E-state index in [-0.39, 0.29) is 34.4 Å². The van der Waals surface area contributed by atoms with Gasteiger partial charge in [-0.2, -0.15) is 18.4 Å². The number of thioether (sulfide) groups is 1. The minimum atomic E-state index is -4.45. The maximum Gasteiger partial charge on any atom is 0.446 e. The quantitative estimate of drug-likeness (QED) is 0.625. The molecule has 0 N–H and O–H groups in total. The molecule has 0 aliphatic rings. The molecule has 0 atom stereocenters. The summed E-state index contributed by atoms with van der Waals surface area (Å²) in [5.74, 6) is -0.796. The first-order valence-electron chi connectivity index (χ1n) is 5.82. The van der Waals surface area contributed by atoms with Crippen molar-refractivity contribution in [3.05, 3.63) is 28.8 Å². The second-order valence-corrected chi connectivity index (χ2v) is 4.85. The molecule has 7 heteroatoms. The van der Waals surface area contributed by atoms with E-state index in [9.17, 15) is 18.0 Å². The summed E-state index contributed by atoms with van der Waals surface area (Å²) in [6.07, 6.45) is 0.330. The Morgan fingerprint density at radius 3 is 2.50 bits per heavy atom. The van der Waals surface area contributed by atoms with Gasteiger partial charge in [0.1, 0.15) is 6.07 Å². The molecule has 0 saturated heterocycles. The van der Waals surface area contributed by atoms with Crippen LogP contribution in [0.4, 0.5) is 13.2 Å². The molecule has 0 aromatic heterocycles. The summed E-state index contributed by atoms with van der Waals surface area (Å²) in [7, 11) is 0. The molecule has 1 rings (SSSR count). The molecule has 0 bridgehead atoms. The Morgan fingerprint density at radius 2 is 2.05 bits per heavy atom. The molecule has 108 valence electrons. The standard InChI is InChI=1S/C13H12F3NO2S/c1-3-8-5-9(7-17)10(12(18)19-4-2)6-11(8)20-13(14,15)16/h5-6H,3-4H2,1-2H3. The third-order valence-electron chi connectivity index (χ3n) is 2.42. The van der Waals surface area contributed by atoms with Gasteiger partial charge in [-0.05, 0) is 42.8 Å². The van der Waals surface area contributed by atoms with Crippen LogP contribution in [0.3, 0.4) is 0 Å². The summed E-state index contributed by atoms with van der Waals surface area (Å²) in [4.78, 5) is 11.6. The van der Waals surface area contributed by atoms with Crippen LogP contribution in [0.1, 0.15) is 35.3 Å². The van der Waals surface area contributed by atoms with Crippen LogP contribution in [0.15, 0.2) is 17.0 Å². The Hall–Kier alpha value is -1.68. The Kier molecular flexibility index (Phi) is 5.45. The van der Waals surface area contributed by atoms with Crippen molar-refractivity contribution in [1.82, 2.24) is 0 Å². The molecule has 0 aliphatic carbocycles. The second kappa shape index (κ2) is 6.66. The van der Waals surface area contributed by atoms with Crippen LogP contribution >= 0.6 is 11.8 Å². The lowest BCUT2D eigenvalue weighted by Crippen LogP contribution is -2.09. The highest BCUT2D eigenvalue weighted by Crippen LogP contribution is 2.39. The van der Waals surface area contributed by atoms with Crippen LogP contribution in [0.2, 0.25) is 0 Å². The number of ether oxygens (including phenoxy) is 1. The number of carbonyl (C=O) groups excluding carboxylic acids is 1. The number of alkyl halides is 3. The SMILES string of the molecule is CCOC(=O)c1cc(SC(F)(F)F)c(CC)cc1C#N. The average molecular weight is 303 g/mol. The molecule has 0 radical (unpaired) electrons. The van der Waals surface area contributed by atoms with Crippen molar-refractivity contribution >= 4 is 17.7 Å². The van der Waals surface area contributed by atoms with Gasteiger partial charge in [0.05, 0.1) is 17.7 Å². The third kappa shape index (κ3) is 4.17. The van der Waals surface area contributed by atoms with E-state index in [4.69, 9.17) is 10.00 Å². The maximum atomic E-state index is 12.5. The van der Waals surface area contributed by atoms with Crippen molar-refractivity contribution in [3.63, 3.8) is 0 Å². The normalized spacial score (nSPS) is 11.0. The summed E-state index contributed by atoms with van der Waals surface area (Å²) in [6, 6.07) is 4.19. The summed E-state index contributed by atoms with van der Waals surface area (Å²) in [5, 5.41) is 8.99. The van der Waals surface area contributed by atoms with Gasteiger partial charge >= 0.3 is 11.5 Å². The Labute approximate surface area is 118 Å². The maximum absolute atomic E-state index is 12.5.